The van der Waals surface area contributed by atoms with Gasteiger partial charge in [-0.2, -0.15) is 5.10 Å². The molecular weight excluding hydrogens is 576 g/mol. The van der Waals surface area contributed by atoms with Gasteiger partial charge in [0.25, 0.3) is 15.9 Å². The van der Waals surface area contributed by atoms with E-state index >= 15 is 0 Å². The van der Waals surface area contributed by atoms with Gasteiger partial charge in [0.05, 0.1) is 16.8 Å². The van der Waals surface area contributed by atoms with E-state index in [1.54, 1.807) is 42.6 Å². The summed E-state index contributed by atoms with van der Waals surface area (Å²) in [7, 11) is -4.01. The number of aryl methyl sites for hydroxylation is 3. The van der Waals surface area contributed by atoms with Crippen molar-refractivity contribution in [2.24, 2.45) is 5.10 Å². The number of rotatable bonds is 9. The zero-order chi connectivity index (χ0) is 28.2. The smallest absolute Gasteiger partial charge is 0.264 e. The third kappa shape index (κ3) is 6.32. The van der Waals surface area contributed by atoms with Crippen LogP contribution in [-0.2, 0) is 21.2 Å². The van der Waals surface area contributed by atoms with E-state index < -0.39 is 22.5 Å². The Bertz CT molecular complexity index is 1630. The molecule has 3 aromatic carbocycles. The predicted molar refractivity (Wildman–Crippen MR) is 160 cm³/mol. The van der Waals surface area contributed by atoms with E-state index in [1.165, 1.54) is 0 Å². The SMILES string of the molecule is CCc1ccccc1N(CC(=O)N/N=C\c1cc(C)n(-c2cccc(Br)c2)c1C)S(=O)(=O)c1ccc(C)cc1. The highest BCUT2D eigenvalue weighted by atomic mass is 79.9. The van der Waals surface area contributed by atoms with Crippen molar-refractivity contribution in [3.63, 3.8) is 0 Å². The summed E-state index contributed by atoms with van der Waals surface area (Å²) >= 11 is 3.52. The molecule has 1 aromatic heterocycles. The van der Waals surface area contributed by atoms with Crippen molar-refractivity contribution in [3.8, 4) is 5.69 Å². The first-order valence-corrected chi connectivity index (χ1v) is 14.8. The van der Waals surface area contributed by atoms with Crippen LogP contribution in [0.3, 0.4) is 0 Å². The van der Waals surface area contributed by atoms with Crippen molar-refractivity contribution in [1.82, 2.24) is 9.99 Å². The summed E-state index contributed by atoms with van der Waals surface area (Å²) < 4.78 is 31.6. The summed E-state index contributed by atoms with van der Waals surface area (Å²) in [5, 5.41) is 4.16. The molecule has 0 atom stereocenters. The summed E-state index contributed by atoms with van der Waals surface area (Å²) in [6.45, 7) is 7.41. The van der Waals surface area contributed by atoms with Crippen molar-refractivity contribution < 1.29 is 13.2 Å². The third-order valence-electron chi connectivity index (χ3n) is 6.47. The van der Waals surface area contributed by atoms with Crippen LogP contribution < -0.4 is 9.73 Å². The molecular formula is C30H31BrN4O3S. The zero-order valence-corrected chi connectivity index (χ0v) is 24.8. The molecule has 0 aliphatic rings. The van der Waals surface area contributed by atoms with E-state index in [9.17, 15) is 13.2 Å². The molecule has 0 aliphatic carbocycles. The van der Waals surface area contributed by atoms with Crippen LogP contribution in [0.2, 0.25) is 0 Å². The van der Waals surface area contributed by atoms with Crippen molar-refractivity contribution >= 4 is 43.8 Å². The van der Waals surface area contributed by atoms with Crippen molar-refractivity contribution in [2.45, 2.75) is 39.0 Å². The van der Waals surface area contributed by atoms with Crippen LogP contribution in [0, 0.1) is 20.8 Å². The van der Waals surface area contributed by atoms with Crippen LogP contribution in [0.5, 0.6) is 0 Å². The Balaban J connectivity index is 1.58. The van der Waals surface area contributed by atoms with Gasteiger partial charge in [-0.15, -0.1) is 0 Å². The van der Waals surface area contributed by atoms with Crippen molar-refractivity contribution in [1.29, 1.82) is 0 Å². The second kappa shape index (κ2) is 12.0. The predicted octanol–water partition coefficient (Wildman–Crippen LogP) is 6.07. The fourth-order valence-corrected chi connectivity index (χ4v) is 6.31. The third-order valence-corrected chi connectivity index (χ3v) is 8.73. The Morgan fingerprint density at radius 1 is 1.00 bits per heavy atom. The van der Waals surface area contributed by atoms with Crippen molar-refractivity contribution in [3.05, 3.63) is 111 Å². The molecule has 0 bridgehead atoms. The number of hydrazone groups is 1. The molecule has 39 heavy (non-hydrogen) atoms. The fourth-order valence-electron chi connectivity index (χ4n) is 4.46. The fraction of sp³-hybridized carbons (Fsp3) is 0.200. The van der Waals surface area contributed by atoms with Gasteiger partial charge in [0.2, 0.25) is 0 Å². The van der Waals surface area contributed by atoms with Gasteiger partial charge in [0, 0.05) is 27.1 Å². The number of anilines is 1. The van der Waals surface area contributed by atoms with Gasteiger partial charge in [0.15, 0.2) is 0 Å². The van der Waals surface area contributed by atoms with Crippen LogP contribution in [0.1, 0.15) is 35.0 Å². The van der Waals surface area contributed by atoms with Gasteiger partial charge >= 0.3 is 0 Å². The number of nitrogens with zero attached hydrogens (tertiary/aromatic N) is 3. The number of halogens is 1. The topological polar surface area (TPSA) is 83.8 Å². The van der Waals surface area contributed by atoms with E-state index in [0.29, 0.717) is 12.1 Å². The molecule has 202 valence electrons. The van der Waals surface area contributed by atoms with E-state index in [2.05, 4.69) is 31.0 Å². The van der Waals surface area contributed by atoms with Crippen molar-refractivity contribution in [2.75, 3.05) is 10.8 Å². The molecule has 0 fully saturated rings. The maximum atomic E-state index is 13.7. The molecule has 7 nitrogen and oxygen atoms in total. The van der Waals surface area contributed by atoms with E-state index in [1.807, 2.05) is 70.2 Å². The first kappa shape index (κ1) is 28.3. The number of hydrogen-bond acceptors (Lipinski definition) is 4. The van der Waals surface area contributed by atoms with Gasteiger partial charge in [-0.25, -0.2) is 13.8 Å². The second-order valence-electron chi connectivity index (χ2n) is 9.24. The second-order valence-corrected chi connectivity index (χ2v) is 12.0. The lowest BCUT2D eigenvalue weighted by Crippen LogP contribution is -2.40. The molecule has 1 amide bonds. The normalized spacial score (nSPS) is 11.6. The van der Waals surface area contributed by atoms with E-state index in [4.69, 9.17) is 0 Å². The van der Waals surface area contributed by atoms with Crippen LogP contribution >= 0.6 is 15.9 Å². The van der Waals surface area contributed by atoms with E-state index in [-0.39, 0.29) is 4.90 Å². The minimum atomic E-state index is -4.01. The molecule has 1 N–H and O–H groups in total. The molecule has 0 unspecified atom stereocenters. The summed E-state index contributed by atoms with van der Waals surface area (Å²) in [6, 6.07) is 23.8. The maximum absolute atomic E-state index is 13.7. The monoisotopic (exact) mass is 606 g/mol. The molecule has 4 rings (SSSR count). The summed E-state index contributed by atoms with van der Waals surface area (Å²) in [5.41, 5.74) is 8.58. The Morgan fingerprint density at radius 3 is 2.41 bits per heavy atom. The number of benzene rings is 3. The highest BCUT2D eigenvalue weighted by molar-refractivity contribution is 9.10. The quantitative estimate of drug-likeness (QED) is 0.185. The number of para-hydroxylation sites is 1. The van der Waals surface area contributed by atoms with Gasteiger partial charge < -0.3 is 4.57 Å². The van der Waals surface area contributed by atoms with E-state index in [0.717, 1.165) is 42.5 Å². The number of sulfonamides is 1. The lowest BCUT2D eigenvalue weighted by molar-refractivity contribution is -0.119. The molecule has 0 spiro atoms. The number of aromatic nitrogens is 1. The Labute approximate surface area is 238 Å². The molecule has 9 heteroatoms. The summed E-state index contributed by atoms with van der Waals surface area (Å²) in [5.74, 6) is -0.548. The number of amides is 1. The molecule has 0 radical (unpaired) electrons. The average molecular weight is 608 g/mol. The molecule has 4 aromatic rings. The Kier molecular flexibility index (Phi) is 8.72. The molecule has 0 aliphatic heterocycles. The first-order chi connectivity index (χ1) is 18.6. The van der Waals surface area contributed by atoms with Gasteiger partial charge in [-0.3, -0.25) is 9.10 Å². The van der Waals surface area contributed by atoms with Gasteiger partial charge in [0.1, 0.15) is 6.54 Å². The lowest BCUT2D eigenvalue weighted by Gasteiger charge is -2.25. The first-order valence-electron chi connectivity index (χ1n) is 12.6. The zero-order valence-electron chi connectivity index (χ0n) is 22.3. The minimum Gasteiger partial charge on any atom is -0.318 e. The van der Waals surface area contributed by atoms with Crippen LogP contribution in [0.15, 0.2) is 93.3 Å². The Hall–Kier alpha value is -3.69. The molecule has 1 heterocycles. The Morgan fingerprint density at radius 2 is 1.72 bits per heavy atom. The van der Waals surface area contributed by atoms with Crippen LogP contribution in [-0.4, -0.2) is 31.7 Å². The average Bonchev–Trinajstić information content (AvgIpc) is 3.19. The molecule has 0 saturated carbocycles. The number of nitrogens with one attached hydrogen (secondary N) is 1. The summed E-state index contributed by atoms with van der Waals surface area (Å²) in [6.07, 6.45) is 2.19. The largest absolute Gasteiger partial charge is 0.318 e. The summed E-state index contributed by atoms with van der Waals surface area (Å²) in [4.78, 5) is 13.1. The lowest BCUT2D eigenvalue weighted by atomic mass is 10.1. The maximum Gasteiger partial charge on any atom is 0.264 e. The standard InChI is InChI=1S/C30H31BrN4O3S/c1-5-24-9-6-7-12-29(24)34(39(37,38)28-15-13-21(2)14-16-28)20-30(36)33-32-19-25-17-22(3)35(23(25)4)27-11-8-10-26(31)18-27/h6-19H,5,20H2,1-4H3,(H,33,36)/b32-19-. The minimum absolute atomic E-state index is 0.121. The highest BCUT2D eigenvalue weighted by Gasteiger charge is 2.28. The number of carbonyl (C=O) groups excluding carboxylic acids is 1. The number of hydrogen-bond donors (Lipinski definition) is 1. The van der Waals surface area contributed by atoms with Gasteiger partial charge in [-0.1, -0.05) is 64.8 Å². The highest BCUT2D eigenvalue weighted by Crippen LogP contribution is 2.28. The number of carbonyl (C=O) groups is 1. The van der Waals surface area contributed by atoms with Crippen LogP contribution in [0.25, 0.3) is 5.69 Å². The van der Waals surface area contributed by atoms with Gasteiger partial charge in [-0.05, 0) is 75.2 Å². The van der Waals surface area contributed by atoms with Crippen LogP contribution in [0.4, 0.5) is 5.69 Å². The molecule has 0 saturated heterocycles.